The number of halogens is 1. The molecular weight excluding hydrogens is 345 g/mol. The first-order valence-electron chi connectivity index (χ1n) is 8.90. The molecule has 1 aliphatic rings. The molecule has 1 fully saturated rings. The monoisotopic (exact) mass is 365 g/mol. The van der Waals surface area contributed by atoms with Crippen LogP contribution in [0.5, 0.6) is 0 Å². The Morgan fingerprint density at radius 3 is 2.63 bits per heavy atom. The van der Waals surface area contributed by atoms with Gasteiger partial charge in [-0.2, -0.15) is 0 Å². The van der Waals surface area contributed by atoms with Crippen molar-refractivity contribution in [3.8, 4) is 0 Å². The van der Waals surface area contributed by atoms with Gasteiger partial charge >= 0.3 is 0 Å². The molecule has 0 saturated carbocycles. The van der Waals surface area contributed by atoms with Gasteiger partial charge in [-0.3, -0.25) is 4.79 Å². The van der Waals surface area contributed by atoms with Crippen LogP contribution in [0.1, 0.15) is 27.6 Å². The number of imidazole rings is 1. The summed E-state index contributed by atoms with van der Waals surface area (Å²) in [6.45, 7) is 2.19. The lowest BCUT2D eigenvalue weighted by Gasteiger charge is -2.33. The molecule has 3 aromatic rings. The summed E-state index contributed by atoms with van der Waals surface area (Å²) < 4.78 is 20.9. The van der Waals surface area contributed by atoms with Gasteiger partial charge in [0.05, 0.1) is 19.5 Å². The molecule has 2 aromatic carbocycles. The van der Waals surface area contributed by atoms with Crippen LogP contribution in [0.4, 0.5) is 4.39 Å². The predicted molar refractivity (Wildman–Crippen MR) is 98.8 cm³/mol. The van der Waals surface area contributed by atoms with Crippen molar-refractivity contribution in [2.45, 2.75) is 12.6 Å². The molecule has 0 N–H and O–H groups in total. The van der Waals surface area contributed by atoms with E-state index in [2.05, 4.69) is 4.98 Å². The second-order valence-corrected chi connectivity index (χ2v) is 6.59. The Morgan fingerprint density at radius 1 is 1.15 bits per heavy atom. The molecule has 0 spiro atoms. The number of carbonyl (C=O) groups is 1. The van der Waals surface area contributed by atoms with Crippen molar-refractivity contribution in [3.05, 3.63) is 89.8 Å². The van der Waals surface area contributed by atoms with Crippen LogP contribution in [-0.4, -0.2) is 40.1 Å². The number of hydrogen-bond donors (Lipinski definition) is 0. The van der Waals surface area contributed by atoms with Crippen LogP contribution in [0, 0.1) is 5.82 Å². The Hall–Kier alpha value is -2.99. The molecule has 2 heterocycles. The van der Waals surface area contributed by atoms with Crippen molar-refractivity contribution in [2.75, 3.05) is 19.7 Å². The molecule has 6 heteroatoms. The zero-order valence-corrected chi connectivity index (χ0v) is 14.8. The Balaban J connectivity index is 1.43. The van der Waals surface area contributed by atoms with Gasteiger partial charge in [0.1, 0.15) is 11.9 Å². The zero-order chi connectivity index (χ0) is 18.6. The highest BCUT2D eigenvalue weighted by atomic mass is 19.1. The second-order valence-electron chi connectivity index (χ2n) is 6.59. The van der Waals surface area contributed by atoms with E-state index in [1.807, 2.05) is 35.0 Å². The number of amides is 1. The van der Waals surface area contributed by atoms with Gasteiger partial charge in [-0.15, -0.1) is 0 Å². The number of benzene rings is 2. The van der Waals surface area contributed by atoms with E-state index in [9.17, 15) is 9.18 Å². The van der Waals surface area contributed by atoms with Gasteiger partial charge in [0.2, 0.25) is 0 Å². The quantitative estimate of drug-likeness (QED) is 0.713. The molecule has 0 aliphatic carbocycles. The lowest BCUT2D eigenvalue weighted by molar-refractivity contribution is -0.0228. The number of morpholine rings is 1. The SMILES string of the molecule is O=C(c1ccc(Cn2ccnc2)cc1)N1CCOC(c2ccc(F)cc2)C1. The maximum Gasteiger partial charge on any atom is 0.254 e. The molecular formula is C21H20FN3O2. The van der Waals surface area contributed by atoms with E-state index >= 15 is 0 Å². The van der Waals surface area contributed by atoms with Gasteiger partial charge in [0.15, 0.2) is 0 Å². The van der Waals surface area contributed by atoms with Gasteiger partial charge in [-0.05, 0) is 35.4 Å². The van der Waals surface area contributed by atoms with Crippen molar-refractivity contribution < 1.29 is 13.9 Å². The van der Waals surface area contributed by atoms with E-state index in [1.165, 1.54) is 12.1 Å². The number of rotatable bonds is 4. The number of carbonyl (C=O) groups excluding carboxylic acids is 1. The Kier molecular flexibility index (Phi) is 4.98. The third kappa shape index (κ3) is 4.06. The number of hydrogen-bond acceptors (Lipinski definition) is 3. The smallest absolute Gasteiger partial charge is 0.254 e. The van der Waals surface area contributed by atoms with Crippen molar-refractivity contribution in [1.82, 2.24) is 14.5 Å². The molecule has 5 nitrogen and oxygen atoms in total. The molecule has 1 atom stereocenters. The average Bonchev–Trinajstić information content (AvgIpc) is 3.22. The summed E-state index contributed by atoms with van der Waals surface area (Å²) in [6, 6.07) is 13.9. The summed E-state index contributed by atoms with van der Waals surface area (Å²) in [5.41, 5.74) is 2.64. The lowest BCUT2D eigenvalue weighted by Crippen LogP contribution is -2.42. The van der Waals surface area contributed by atoms with Gasteiger partial charge in [-0.1, -0.05) is 24.3 Å². The molecule has 1 saturated heterocycles. The summed E-state index contributed by atoms with van der Waals surface area (Å²) in [7, 11) is 0. The highest BCUT2D eigenvalue weighted by Gasteiger charge is 2.26. The van der Waals surface area contributed by atoms with E-state index < -0.39 is 0 Å². The summed E-state index contributed by atoms with van der Waals surface area (Å²) in [5.74, 6) is -0.294. The molecule has 27 heavy (non-hydrogen) atoms. The van der Waals surface area contributed by atoms with E-state index in [0.29, 0.717) is 25.3 Å². The highest BCUT2D eigenvalue weighted by Crippen LogP contribution is 2.23. The van der Waals surface area contributed by atoms with Crippen LogP contribution in [0.3, 0.4) is 0 Å². The van der Waals surface area contributed by atoms with Crippen LogP contribution >= 0.6 is 0 Å². The van der Waals surface area contributed by atoms with Crippen LogP contribution in [0.2, 0.25) is 0 Å². The zero-order valence-electron chi connectivity index (χ0n) is 14.8. The van der Waals surface area contributed by atoms with E-state index in [1.54, 1.807) is 29.6 Å². The maximum absolute atomic E-state index is 13.1. The molecule has 0 radical (unpaired) electrons. The van der Waals surface area contributed by atoms with Crippen molar-refractivity contribution >= 4 is 5.91 Å². The molecule has 4 rings (SSSR count). The Bertz CT molecular complexity index is 892. The Morgan fingerprint density at radius 2 is 1.93 bits per heavy atom. The third-order valence-corrected chi connectivity index (χ3v) is 4.72. The highest BCUT2D eigenvalue weighted by molar-refractivity contribution is 5.94. The Labute approximate surface area is 157 Å². The number of ether oxygens (including phenoxy) is 1. The van der Waals surface area contributed by atoms with Crippen molar-refractivity contribution in [2.24, 2.45) is 0 Å². The fourth-order valence-electron chi connectivity index (χ4n) is 3.24. The van der Waals surface area contributed by atoms with Crippen molar-refractivity contribution in [1.29, 1.82) is 0 Å². The molecule has 1 aromatic heterocycles. The van der Waals surface area contributed by atoms with Crippen LogP contribution in [0.15, 0.2) is 67.3 Å². The van der Waals surface area contributed by atoms with Crippen LogP contribution < -0.4 is 0 Å². The first-order valence-corrected chi connectivity index (χ1v) is 8.90. The van der Waals surface area contributed by atoms with Gasteiger partial charge in [-0.25, -0.2) is 9.37 Å². The van der Waals surface area contributed by atoms with Crippen LogP contribution in [0.25, 0.3) is 0 Å². The second kappa shape index (κ2) is 7.72. The molecule has 138 valence electrons. The number of aromatic nitrogens is 2. The fraction of sp³-hybridized carbons (Fsp3) is 0.238. The van der Waals surface area contributed by atoms with Gasteiger partial charge in [0.25, 0.3) is 5.91 Å². The first-order chi connectivity index (χ1) is 13.2. The average molecular weight is 365 g/mol. The summed E-state index contributed by atoms with van der Waals surface area (Å²) in [5, 5.41) is 0. The molecule has 1 amide bonds. The van der Waals surface area contributed by atoms with Gasteiger partial charge < -0.3 is 14.2 Å². The van der Waals surface area contributed by atoms with Crippen molar-refractivity contribution in [3.63, 3.8) is 0 Å². The fourth-order valence-corrected chi connectivity index (χ4v) is 3.24. The predicted octanol–water partition coefficient (Wildman–Crippen LogP) is 3.28. The standard InChI is InChI=1S/C21H20FN3O2/c22-19-7-5-17(6-8-19)20-14-25(11-12-27-20)21(26)18-3-1-16(2-4-18)13-24-10-9-23-15-24/h1-10,15,20H,11-14H2. The van der Waals surface area contributed by atoms with Crippen LogP contribution in [-0.2, 0) is 11.3 Å². The summed E-state index contributed by atoms with van der Waals surface area (Å²) in [6.07, 6.45) is 5.18. The topological polar surface area (TPSA) is 47.4 Å². The summed E-state index contributed by atoms with van der Waals surface area (Å²) in [4.78, 5) is 18.7. The lowest BCUT2D eigenvalue weighted by atomic mass is 10.1. The van der Waals surface area contributed by atoms with Gasteiger partial charge in [0, 0.05) is 31.0 Å². The minimum atomic E-state index is -0.279. The minimum Gasteiger partial charge on any atom is -0.370 e. The molecule has 0 bridgehead atoms. The molecule has 1 aliphatic heterocycles. The van der Waals surface area contributed by atoms with E-state index in [-0.39, 0.29) is 17.8 Å². The van der Waals surface area contributed by atoms with E-state index in [4.69, 9.17) is 4.74 Å². The normalized spacial score (nSPS) is 17.1. The number of nitrogens with zero attached hydrogens (tertiary/aromatic N) is 3. The summed E-state index contributed by atoms with van der Waals surface area (Å²) >= 11 is 0. The first kappa shape index (κ1) is 17.4. The minimum absolute atomic E-state index is 0.0143. The van der Waals surface area contributed by atoms with E-state index in [0.717, 1.165) is 17.7 Å². The molecule has 1 unspecified atom stereocenters. The largest absolute Gasteiger partial charge is 0.370 e. The third-order valence-electron chi connectivity index (χ3n) is 4.72. The maximum atomic E-state index is 13.1.